The van der Waals surface area contributed by atoms with Crippen LogP contribution in [-0.2, 0) is 16.1 Å². The number of hydrogen-bond acceptors (Lipinski definition) is 2. The zero-order valence-electron chi connectivity index (χ0n) is 12.0. The van der Waals surface area contributed by atoms with Crippen molar-refractivity contribution in [3.05, 3.63) is 35.4 Å². The van der Waals surface area contributed by atoms with Crippen LogP contribution in [0.25, 0.3) is 0 Å². The van der Waals surface area contributed by atoms with Crippen molar-refractivity contribution in [1.82, 2.24) is 10.6 Å². The van der Waals surface area contributed by atoms with Crippen LogP contribution in [0, 0.1) is 12.8 Å². The van der Waals surface area contributed by atoms with Gasteiger partial charge in [0.05, 0.1) is 0 Å². The summed E-state index contributed by atoms with van der Waals surface area (Å²) in [7, 11) is 0. The van der Waals surface area contributed by atoms with E-state index in [2.05, 4.69) is 5.32 Å². The van der Waals surface area contributed by atoms with Crippen molar-refractivity contribution in [2.24, 2.45) is 5.92 Å². The summed E-state index contributed by atoms with van der Waals surface area (Å²) in [6, 6.07) is 5.61. The zero-order valence-corrected chi connectivity index (χ0v) is 12.0. The summed E-state index contributed by atoms with van der Waals surface area (Å²) in [5.41, 5.74) is 1.95. The van der Waals surface area contributed by atoms with Crippen LogP contribution in [0.15, 0.2) is 24.3 Å². The largest absolute Gasteiger partial charge is 0.408 e. The summed E-state index contributed by atoms with van der Waals surface area (Å²) in [5.74, 6) is -2.47. The second-order valence-electron chi connectivity index (χ2n) is 5.44. The number of amides is 2. The fourth-order valence-corrected chi connectivity index (χ4v) is 2.32. The lowest BCUT2D eigenvalue weighted by molar-refractivity contribution is -0.171. The van der Waals surface area contributed by atoms with Crippen LogP contribution >= 0.6 is 0 Å². The lowest BCUT2D eigenvalue weighted by atomic mass is 9.92. The Labute approximate surface area is 126 Å². The van der Waals surface area contributed by atoms with Gasteiger partial charge in [0.25, 0.3) is 0 Å². The average Bonchev–Trinajstić information content (AvgIpc) is 2.45. The number of aryl methyl sites for hydroxylation is 1. The van der Waals surface area contributed by atoms with Crippen molar-refractivity contribution in [1.29, 1.82) is 0 Å². The summed E-state index contributed by atoms with van der Waals surface area (Å²) in [4.78, 5) is 23.6. The second-order valence-corrected chi connectivity index (χ2v) is 5.44. The molecule has 1 aliphatic rings. The summed E-state index contributed by atoms with van der Waals surface area (Å²) in [6.45, 7) is 2.18. The molecule has 0 aliphatic carbocycles. The molecular formula is C15H17F3N2O2. The Morgan fingerprint density at radius 3 is 2.45 bits per heavy atom. The third-order valence-corrected chi connectivity index (χ3v) is 3.68. The SMILES string of the molecule is Cc1ccc(CNC(=O)C2CCC(C(F)(F)F)NC2=O)cc1. The van der Waals surface area contributed by atoms with E-state index >= 15 is 0 Å². The van der Waals surface area contributed by atoms with Crippen LogP contribution < -0.4 is 10.6 Å². The normalized spacial score (nSPS) is 22.1. The highest BCUT2D eigenvalue weighted by Gasteiger charge is 2.45. The van der Waals surface area contributed by atoms with Crippen molar-refractivity contribution < 1.29 is 22.8 Å². The van der Waals surface area contributed by atoms with Gasteiger partial charge in [-0.1, -0.05) is 29.8 Å². The van der Waals surface area contributed by atoms with Gasteiger partial charge in [0.2, 0.25) is 11.8 Å². The third-order valence-electron chi connectivity index (χ3n) is 3.68. The molecule has 0 spiro atoms. The van der Waals surface area contributed by atoms with Gasteiger partial charge in [-0.15, -0.1) is 0 Å². The van der Waals surface area contributed by atoms with Gasteiger partial charge in [0.1, 0.15) is 12.0 Å². The molecule has 22 heavy (non-hydrogen) atoms. The van der Waals surface area contributed by atoms with E-state index in [1.165, 1.54) is 0 Å². The van der Waals surface area contributed by atoms with Crippen LogP contribution in [0.5, 0.6) is 0 Å². The minimum atomic E-state index is -4.47. The monoisotopic (exact) mass is 314 g/mol. The maximum Gasteiger partial charge on any atom is 0.408 e. The molecule has 2 unspecified atom stereocenters. The van der Waals surface area contributed by atoms with Crippen molar-refractivity contribution in [3.63, 3.8) is 0 Å². The molecule has 0 bridgehead atoms. The molecule has 2 amide bonds. The third kappa shape index (κ3) is 3.99. The molecule has 0 aromatic heterocycles. The Bertz CT molecular complexity index is 555. The molecule has 2 atom stereocenters. The van der Waals surface area contributed by atoms with Gasteiger partial charge in [-0.05, 0) is 25.3 Å². The van der Waals surface area contributed by atoms with Crippen LogP contribution in [0.4, 0.5) is 13.2 Å². The van der Waals surface area contributed by atoms with Gasteiger partial charge in [0.15, 0.2) is 0 Å². The Morgan fingerprint density at radius 1 is 1.27 bits per heavy atom. The minimum absolute atomic E-state index is 0.101. The molecule has 1 heterocycles. The second kappa shape index (κ2) is 6.37. The van der Waals surface area contributed by atoms with Gasteiger partial charge in [-0.2, -0.15) is 13.2 Å². The highest BCUT2D eigenvalue weighted by atomic mass is 19.4. The Morgan fingerprint density at radius 2 is 1.91 bits per heavy atom. The first-order chi connectivity index (χ1) is 10.3. The van der Waals surface area contributed by atoms with Crippen LogP contribution in [0.3, 0.4) is 0 Å². The Balaban J connectivity index is 1.88. The predicted molar refractivity (Wildman–Crippen MR) is 73.7 cm³/mol. The van der Waals surface area contributed by atoms with Gasteiger partial charge < -0.3 is 10.6 Å². The first kappa shape index (κ1) is 16.3. The van der Waals surface area contributed by atoms with E-state index in [1.807, 2.05) is 36.5 Å². The molecule has 0 radical (unpaired) electrons. The molecule has 1 fully saturated rings. The molecule has 1 aromatic rings. The minimum Gasteiger partial charge on any atom is -0.351 e. The van der Waals surface area contributed by atoms with Crippen molar-refractivity contribution >= 4 is 11.8 Å². The number of benzene rings is 1. The smallest absolute Gasteiger partial charge is 0.351 e. The van der Waals surface area contributed by atoms with E-state index in [0.717, 1.165) is 11.1 Å². The van der Waals surface area contributed by atoms with Crippen molar-refractivity contribution in [2.75, 3.05) is 0 Å². The van der Waals surface area contributed by atoms with Crippen LogP contribution in [0.2, 0.25) is 0 Å². The van der Waals surface area contributed by atoms with E-state index in [-0.39, 0.29) is 19.4 Å². The predicted octanol–water partition coefficient (Wildman–Crippen LogP) is 2.07. The molecule has 1 saturated heterocycles. The van der Waals surface area contributed by atoms with Crippen molar-refractivity contribution in [2.45, 2.75) is 38.5 Å². The van der Waals surface area contributed by atoms with E-state index in [1.54, 1.807) is 0 Å². The van der Waals surface area contributed by atoms with Crippen molar-refractivity contribution in [3.8, 4) is 0 Å². The van der Waals surface area contributed by atoms with Gasteiger partial charge in [-0.25, -0.2) is 0 Å². The first-order valence-corrected chi connectivity index (χ1v) is 6.97. The van der Waals surface area contributed by atoms with E-state index in [0.29, 0.717) is 0 Å². The number of halogens is 3. The van der Waals surface area contributed by atoms with E-state index in [9.17, 15) is 22.8 Å². The number of nitrogens with one attached hydrogen (secondary N) is 2. The topological polar surface area (TPSA) is 58.2 Å². The quantitative estimate of drug-likeness (QED) is 0.839. The number of piperidine rings is 1. The molecule has 1 aromatic carbocycles. The number of rotatable bonds is 3. The molecule has 7 heteroatoms. The Hall–Kier alpha value is -2.05. The number of hydrogen-bond donors (Lipinski definition) is 2. The lowest BCUT2D eigenvalue weighted by Crippen LogP contribution is -2.54. The first-order valence-electron chi connectivity index (χ1n) is 6.97. The molecule has 1 aliphatic heterocycles. The van der Waals surface area contributed by atoms with Gasteiger partial charge >= 0.3 is 6.18 Å². The molecule has 2 N–H and O–H groups in total. The number of carbonyl (C=O) groups excluding carboxylic acids is 2. The number of alkyl halides is 3. The number of carbonyl (C=O) groups is 2. The maximum absolute atomic E-state index is 12.5. The molecule has 0 saturated carbocycles. The fraction of sp³-hybridized carbons (Fsp3) is 0.467. The van der Waals surface area contributed by atoms with Gasteiger partial charge in [-0.3, -0.25) is 9.59 Å². The molecule has 2 rings (SSSR count). The lowest BCUT2D eigenvalue weighted by Gasteiger charge is -2.29. The molecule has 120 valence electrons. The van der Waals surface area contributed by atoms with Crippen LogP contribution in [-0.4, -0.2) is 24.0 Å². The van der Waals surface area contributed by atoms with E-state index in [4.69, 9.17) is 0 Å². The van der Waals surface area contributed by atoms with Crippen LogP contribution in [0.1, 0.15) is 24.0 Å². The summed E-state index contributed by atoms with van der Waals surface area (Å²) >= 11 is 0. The summed E-state index contributed by atoms with van der Waals surface area (Å²) < 4.78 is 37.6. The summed E-state index contributed by atoms with van der Waals surface area (Å²) in [5, 5.41) is 4.46. The standard InChI is InChI=1S/C15H17F3N2O2/c1-9-2-4-10(5-3-9)8-19-13(21)11-6-7-12(15(16,17)18)20-14(11)22/h2-5,11-12H,6-8H2,1H3,(H,19,21)(H,20,22). The zero-order chi connectivity index (χ0) is 16.3. The molecular weight excluding hydrogens is 297 g/mol. The highest BCUT2D eigenvalue weighted by Crippen LogP contribution is 2.28. The summed E-state index contributed by atoms with van der Waals surface area (Å²) in [6.07, 6.45) is -4.85. The molecule has 4 nitrogen and oxygen atoms in total. The fourth-order valence-electron chi connectivity index (χ4n) is 2.32. The van der Waals surface area contributed by atoms with Gasteiger partial charge in [0, 0.05) is 6.54 Å². The van der Waals surface area contributed by atoms with E-state index < -0.39 is 30.0 Å². The average molecular weight is 314 g/mol. The highest BCUT2D eigenvalue weighted by molar-refractivity contribution is 6.00. The maximum atomic E-state index is 12.5. The Kier molecular flexibility index (Phi) is 4.73.